The van der Waals surface area contributed by atoms with Gasteiger partial charge in [0.25, 0.3) is 0 Å². The van der Waals surface area contributed by atoms with Crippen LogP contribution in [0, 0.1) is 0 Å². The molecule has 7 heavy (non-hydrogen) atoms. The smallest absolute Gasteiger partial charge is 1.00 e. The molecule has 4 nitrogen and oxygen atoms in total. The molecule has 0 aromatic rings. The molecule has 0 unspecified atom stereocenters. The summed E-state index contributed by atoms with van der Waals surface area (Å²) in [7, 11) is 0. The average molecular weight is 188 g/mol. The molecular formula is CH6CaO4Zn. The molecule has 4 N–H and O–H groups in total. The summed E-state index contributed by atoms with van der Waals surface area (Å²) in [4.78, 5) is 8.56. The van der Waals surface area contributed by atoms with E-state index in [0.29, 0.717) is 0 Å². The first-order valence-corrected chi connectivity index (χ1v) is 0.651. The largest absolute Gasteiger partial charge is 2.00 e. The van der Waals surface area contributed by atoms with Gasteiger partial charge in [0, 0.05) is 19.5 Å². The number of rotatable bonds is 0. The Morgan fingerprint density at radius 2 is 1.43 bits per heavy atom. The summed E-state index contributed by atoms with van der Waals surface area (Å²) < 4.78 is 0. The normalized spacial score (nSPS) is 3.43. The molecular weight excluding hydrogens is 181 g/mol. The second-order valence-electron chi connectivity index (χ2n) is 0.283. The second-order valence-corrected chi connectivity index (χ2v) is 0.283. The van der Waals surface area contributed by atoms with Gasteiger partial charge in [-0.1, -0.05) is 0 Å². The summed E-state index contributed by atoms with van der Waals surface area (Å²) in [6.45, 7) is 0. The van der Waals surface area contributed by atoms with Crippen LogP contribution < -0.4 is 0 Å². The Kier molecular flexibility index (Phi) is 54.5. The van der Waals surface area contributed by atoms with Crippen molar-refractivity contribution in [1.82, 2.24) is 0 Å². The van der Waals surface area contributed by atoms with E-state index >= 15 is 0 Å². The van der Waals surface area contributed by atoms with Gasteiger partial charge in [-0.25, -0.2) is 4.79 Å². The van der Waals surface area contributed by atoms with Crippen molar-refractivity contribution in [3.63, 3.8) is 0 Å². The Labute approximate surface area is 85.9 Å². The minimum atomic E-state index is -1.83. The van der Waals surface area contributed by atoms with E-state index in [4.69, 9.17) is 15.0 Å². The maximum Gasteiger partial charge on any atom is 2.00 e. The number of hydrogen-bond donors (Lipinski definition) is 2. The van der Waals surface area contributed by atoms with Gasteiger partial charge in [0.2, 0.25) is 0 Å². The van der Waals surface area contributed by atoms with Gasteiger partial charge < -0.3 is 18.5 Å². The predicted molar refractivity (Wildman–Crippen MR) is 22.2 cm³/mol. The zero-order valence-corrected chi connectivity index (χ0v) is 8.89. The molecule has 0 spiro atoms. The monoisotopic (exact) mass is 186 g/mol. The molecule has 0 fully saturated rings. The standard InChI is InChI=1S/CH2O3.Ca.H2O.Zn.2H/c2-1(3)4;;;;;/h(H2,2,3,4);;1H2;;;/q;+2;;;2*-1. The van der Waals surface area contributed by atoms with Gasteiger partial charge in [0.05, 0.1) is 0 Å². The first kappa shape index (κ1) is 24.3. The van der Waals surface area contributed by atoms with Crippen LogP contribution in [0.1, 0.15) is 2.85 Å². The fourth-order valence-electron chi connectivity index (χ4n) is 0. The van der Waals surface area contributed by atoms with Crippen LogP contribution in [-0.4, -0.2) is 59.6 Å². The zero-order valence-electron chi connectivity index (χ0n) is 5.72. The van der Waals surface area contributed by atoms with Crippen molar-refractivity contribution >= 4 is 43.9 Å². The van der Waals surface area contributed by atoms with Crippen molar-refractivity contribution in [1.29, 1.82) is 0 Å². The van der Waals surface area contributed by atoms with Gasteiger partial charge in [0.1, 0.15) is 0 Å². The minimum Gasteiger partial charge on any atom is -1.00 e. The maximum atomic E-state index is 8.56. The van der Waals surface area contributed by atoms with E-state index in [1.54, 1.807) is 0 Å². The summed E-state index contributed by atoms with van der Waals surface area (Å²) >= 11 is 0. The molecule has 0 heterocycles. The summed E-state index contributed by atoms with van der Waals surface area (Å²) in [6.07, 6.45) is -1.83. The number of carbonyl (C=O) groups is 1. The molecule has 0 rings (SSSR count). The quantitative estimate of drug-likeness (QED) is 0.489. The van der Waals surface area contributed by atoms with Crippen LogP contribution in [0.4, 0.5) is 4.79 Å². The van der Waals surface area contributed by atoms with Gasteiger partial charge in [-0.2, -0.15) is 0 Å². The third-order valence-electron chi connectivity index (χ3n) is 0. The van der Waals surface area contributed by atoms with Crippen LogP contribution in [0.5, 0.6) is 0 Å². The molecule has 38 valence electrons. The molecule has 0 radical (unpaired) electrons. The van der Waals surface area contributed by atoms with Crippen LogP contribution in [0.3, 0.4) is 0 Å². The minimum absolute atomic E-state index is 0. The van der Waals surface area contributed by atoms with Crippen LogP contribution in [-0.2, 0) is 19.5 Å². The van der Waals surface area contributed by atoms with E-state index < -0.39 is 6.16 Å². The van der Waals surface area contributed by atoms with E-state index in [1.165, 1.54) is 0 Å². The first-order valence-electron chi connectivity index (χ1n) is 0.651. The summed E-state index contributed by atoms with van der Waals surface area (Å²) in [5, 5.41) is 13.9. The van der Waals surface area contributed by atoms with Gasteiger partial charge in [0.15, 0.2) is 0 Å². The molecule has 0 atom stereocenters. The Hall–Kier alpha value is 1.11. The second kappa shape index (κ2) is 15.7. The molecule has 0 aliphatic heterocycles. The third-order valence-corrected chi connectivity index (χ3v) is 0. The first-order chi connectivity index (χ1) is 1.73. The topological polar surface area (TPSA) is 89.0 Å². The SMILES string of the molecule is O.O=C(O)O.[Ca+2].[H-].[H-].[Zn]. The Morgan fingerprint density at radius 1 is 1.43 bits per heavy atom. The Balaban J connectivity index is -0.00000000450. The fourth-order valence-corrected chi connectivity index (χ4v) is 0. The molecule has 0 aliphatic carbocycles. The molecule has 0 saturated carbocycles. The summed E-state index contributed by atoms with van der Waals surface area (Å²) in [6, 6.07) is 0. The molecule has 6 heteroatoms. The van der Waals surface area contributed by atoms with Crippen molar-refractivity contribution in [2.75, 3.05) is 0 Å². The van der Waals surface area contributed by atoms with Gasteiger partial charge in [-0.05, 0) is 0 Å². The van der Waals surface area contributed by atoms with Crippen molar-refractivity contribution in [2.24, 2.45) is 0 Å². The molecule has 0 bridgehead atoms. The van der Waals surface area contributed by atoms with Gasteiger partial charge in [-0.15, -0.1) is 0 Å². The number of carboxylic acid groups (broad SMARTS) is 2. The van der Waals surface area contributed by atoms with Crippen LogP contribution in [0.15, 0.2) is 0 Å². The van der Waals surface area contributed by atoms with E-state index in [9.17, 15) is 0 Å². The zero-order chi connectivity index (χ0) is 3.58. The van der Waals surface area contributed by atoms with Crippen LogP contribution in [0.2, 0.25) is 0 Å². The fraction of sp³-hybridized carbons (Fsp3) is 0. The third kappa shape index (κ3) is 150. The molecule has 0 aromatic heterocycles. The predicted octanol–water partition coefficient (Wildman–Crippen LogP) is -0.761. The Bertz CT molecular complexity index is 41.5. The van der Waals surface area contributed by atoms with Crippen LogP contribution >= 0.6 is 0 Å². The van der Waals surface area contributed by atoms with E-state index in [1.807, 2.05) is 0 Å². The molecule has 0 amide bonds. The average Bonchev–Trinajstić information content (AvgIpc) is 0.811. The van der Waals surface area contributed by atoms with Crippen molar-refractivity contribution in [2.45, 2.75) is 0 Å². The maximum absolute atomic E-state index is 8.56. The summed E-state index contributed by atoms with van der Waals surface area (Å²) in [5.41, 5.74) is 0. The van der Waals surface area contributed by atoms with E-state index in [2.05, 4.69) is 0 Å². The summed E-state index contributed by atoms with van der Waals surface area (Å²) in [5.74, 6) is 0. The number of hydrogen-bond acceptors (Lipinski definition) is 1. The molecule has 0 saturated heterocycles. The van der Waals surface area contributed by atoms with Crippen molar-refractivity contribution < 1.29 is 42.8 Å². The van der Waals surface area contributed by atoms with Crippen molar-refractivity contribution in [3.05, 3.63) is 0 Å². The van der Waals surface area contributed by atoms with Crippen LogP contribution in [0.25, 0.3) is 0 Å². The van der Waals surface area contributed by atoms with Crippen molar-refractivity contribution in [3.8, 4) is 0 Å². The van der Waals surface area contributed by atoms with E-state index in [-0.39, 0.29) is 65.5 Å². The Morgan fingerprint density at radius 3 is 1.43 bits per heavy atom. The van der Waals surface area contributed by atoms with E-state index in [0.717, 1.165) is 0 Å². The molecule has 0 aromatic carbocycles. The van der Waals surface area contributed by atoms with Gasteiger partial charge >= 0.3 is 43.9 Å². The molecule has 0 aliphatic rings. The van der Waals surface area contributed by atoms with Gasteiger partial charge in [-0.3, -0.25) is 0 Å².